The van der Waals surface area contributed by atoms with E-state index in [1.165, 1.54) is 0 Å². The Hall–Kier alpha value is -1.09. The fourth-order valence-corrected chi connectivity index (χ4v) is 1.47. The number of hydrogen-bond donors (Lipinski definition) is 1. The van der Waals surface area contributed by atoms with Gasteiger partial charge in [-0.05, 0) is 31.6 Å². The summed E-state index contributed by atoms with van der Waals surface area (Å²) in [6.07, 6.45) is 1.84. The van der Waals surface area contributed by atoms with Crippen molar-refractivity contribution >= 4 is 5.69 Å². The van der Waals surface area contributed by atoms with Crippen molar-refractivity contribution in [3.8, 4) is 0 Å². The van der Waals surface area contributed by atoms with Gasteiger partial charge in [-0.3, -0.25) is 4.98 Å². The van der Waals surface area contributed by atoms with Crippen LogP contribution in [0.25, 0.3) is 0 Å². The molecule has 3 heteroatoms. The molecule has 3 nitrogen and oxygen atoms in total. The van der Waals surface area contributed by atoms with E-state index >= 15 is 0 Å². The molecule has 0 fully saturated rings. The van der Waals surface area contributed by atoms with Gasteiger partial charge in [0.1, 0.15) is 0 Å². The molecular formula is C11H19N3. The smallest absolute Gasteiger partial charge is 0.0661 e. The Balaban J connectivity index is 3.01. The maximum Gasteiger partial charge on any atom is 0.0661 e. The average molecular weight is 193 g/mol. The molecule has 1 aromatic heterocycles. The van der Waals surface area contributed by atoms with Crippen LogP contribution in [0, 0.1) is 0 Å². The number of pyridine rings is 1. The lowest BCUT2D eigenvalue weighted by atomic mass is 10.0. The molecule has 0 atom stereocenters. The first-order valence-electron chi connectivity index (χ1n) is 4.90. The molecule has 0 bridgehead atoms. The molecule has 2 N–H and O–H groups in total. The molecular weight excluding hydrogens is 174 g/mol. The highest BCUT2D eigenvalue weighted by Crippen LogP contribution is 2.22. The van der Waals surface area contributed by atoms with E-state index in [9.17, 15) is 0 Å². The van der Waals surface area contributed by atoms with Gasteiger partial charge in [-0.15, -0.1) is 0 Å². The zero-order valence-corrected chi connectivity index (χ0v) is 9.41. The number of nitrogens with zero attached hydrogens (tertiary/aromatic N) is 2. The highest BCUT2D eigenvalue weighted by molar-refractivity contribution is 5.51. The normalized spacial score (nSPS) is 11.3. The Bertz CT molecular complexity index is 305. The first-order valence-corrected chi connectivity index (χ1v) is 4.90. The van der Waals surface area contributed by atoms with Gasteiger partial charge < -0.3 is 10.6 Å². The molecule has 1 aromatic rings. The van der Waals surface area contributed by atoms with Crippen molar-refractivity contribution in [1.29, 1.82) is 0 Å². The van der Waals surface area contributed by atoms with E-state index in [2.05, 4.69) is 23.7 Å². The number of aromatic nitrogens is 1. The van der Waals surface area contributed by atoms with Crippen LogP contribution in [0.4, 0.5) is 5.69 Å². The predicted octanol–water partition coefficient (Wildman–Crippen LogP) is 1.85. The quantitative estimate of drug-likeness (QED) is 0.796. The summed E-state index contributed by atoms with van der Waals surface area (Å²) in [6, 6.07) is 1.99. The van der Waals surface area contributed by atoms with Crippen molar-refractivity contribution in [2.24, 2.45) is 0 Å². The van der Waals surface area contributed by atoms with E-state index in [1.807, 2.05) is 26.4 Å². The van der Waals surface area contributed by atoms with Crippen LogP contribution in [-0.4, -0.2) is 24.0 Å². The zero-order valence-electron chi connectivity index (χ0n) is 9.41. The molecule has 0 aliphatic carbocycles. The monoisotopic (exact) mass is 193 g/mol. The highest BCUT2D eigenvalue weighted by atomic mass is 15.1. The Labute approximate surface area is 85.9 Å². The van der Waals surface area contributed by atoms with Crippen LogP contribution in [-0.2, 0) is 6.54 Å². The SMILES string of the molecule is CC(C)c1nccc(CN(C)C)c1N. The molecule has 14 heavy (non-hydrogen) atoms. The maximum absolute atomic E-state index is 6.04. The Morgan fingerprint density at radius 2 is 2.07 bits per heavy atom. The Morgan fingerprint density at radius 3 is 2.57 bits per heavy atom. The van der Waals surface area contributed by atoms with Crippen LogP contribution in [0.2, 0.25) is 0 Å². The second kappa shape index (κ2) is 4.42. The predicted molar refractivity (Wildman–Crippen MR) is 60.1 cm³/mol. The van der Waals surface area contributed by atoms with Crippen molar-refractivity contribution in [1.82, 2.24) is 9.88 Å². The largest absolute Gasteiger partial charge is 0.397 e. The molecule has 1 heterocycles. The van der Waals surface area contributed by atoms with Crippen LogP contribution >= 0.6 is 0 Å². The average Bonchev–Trinajstić information content (AvgIpc) is 2.07. The molecule has 0 aromatic carbocycles. The third kappa shape index (κ3) is 2.45. The summed E-state index contributed by atoms with van der Waals surface area (Å²) in [5, 5.41) is 0. The zero-order chi connectivity index (χ0) is 10.7. The van der Waals surface area contributed by atoms with E-state index in [4.69, 9.17) is 5.73 Å². The van der Waals surface area contributed by atoms with Gasteiger partial charge in [0.05, 0.1) is 11.4 Å². The number of hydrogen-bond acceptors (Lipinski definition) is 3. The van der Waals surface area contributed by atoms with Crippen molar-refractivity contribution in [3.05, 3.63) is 23.5 Å². The molecule has 78 valence electrons. The van der Waals surface area contributed by atoms with Gasteiger partial charge in [0.2, 0.25) is 0 Å². The molecule has 0 amide bonds. The van der Waals surface area contributed by atoms with Crippen LogP contribution in [0.1, 0.15) is 31.0 Å². The lowest BCUT2D eigenvalue weighted by Crippen LogP contribution is -2.14. The van der Waals surface area contributed by atoms with E-state index in [0.717, 1.165) is 23.5 Å². The van der Waals surface area contributed by atoms with E-state index in [0.29, 0.717) is 5.92 Å². The molecule has 0 spiro atoms. The topological polar surface area (TPSA) is 42.2 Å². The molecule has 0 aliphatic heterocycles. The van der Waals surface area contributed by atoms with Crippen molar-refractivity contribution < 1.29 is 0 Å². The standard InChI is InChI=1S/C11H19N3/c1-8(2)11-10(12)9(5-6-13-11)7-14(3)4/h5-6,8H,7,12H2,1-4H3. The number of nitrogen functional groups attached to an aromatic ring is 1. The third-order valence-corrected chi connectivity index (χ3v) is 2.14. The molecule has 0 saturated carbocycles. The van der Waals surface area contributed by atoms with Crippen LogP contribution in [0.5, 0.6) is 0 Å². The minimum Gasteiger partial charge on any atom is -0.397 e. The van der Waals surface area contributed by atoms with Crippen molar-refractivity contribution in [2.45, 2.75) is 26.3 Å². The first-order chi connectivity index (χ1) is 6.52. The Morgan fingerprint density at radius 1 is 1.43 bits per heavy atom. The second-order valence-corrected chi connectivity index (χ2v) is 4.16. The van der Waals surface area contributed by atoms with Gasteiger partial charge in [0, 0.05) is 12.7 Å². The molecule has 0 aliphatic rings. The summed E-state index contributed by atoms with van der Waals surface area (Å²) < 4.78 is 0. The fourth-order valence-electron chi connectivity index (χ4n) is 1.47. The van der Waals surface area contributed by atoms with Crippen LogP contribution in [0.15, 0.2) is 12.3 Å². The summed E-state index contributed by atoms with van der Waals surface area (Å²) in [7, 11) is 4.07. The minimum atomic E-state index is 0.386. The van der Waals surface area contributed by atoms with Gasteiger partial charge in [-0.25, -0.2) is 0 Å². The molecule has 0 saturated heterocycles. The Kier molecular flexibility index (Phi) is 3.47. The minimum absolute atomic E-state index is 0.386. The summed E-state index contributed by atoms with van der Waals surface area (Å²) in [6.45, 7) is 5.09. The van der Waals surface area contributed by atoms with E-state index in [-0.39, 0.29) is 0 Å². The van der Waals surface area contributed by atoms with Gasteiger partial charge in [0.25, 0.3) is 0 Å². The molecule has 1 rings (SSSR count). The number of nitrogens with two attached hydrogens (primary N) is 1. The molecule has 0 unspecified atom stereocenters. The second-order valence-electron chi connectivity index (χ2n) is 4.16. The summed E-state index contributed by atoms with van der Waals surface area (Å²) in [5.74, 6) is 0.386. The van der Waals surface area contributed by atoms with E-state index < -0.39 is 0 Å². The lowest BCUT2D eigenvalue weighted by Gasteiger charge is -2.15. The number of rotatable bonds is 3. The van der Waals surface area contributed by atoms with Gasteiger partial charge >= 0.3 is 0 Å². The summed E-state index contributed by atoms with van der Waals surface area (Å²) >= 11 is 0. The first kappa shape index (κ1) is 11.0. The van der Waals surface area contributed by atoms with Gasteiger partial charge in [-0.2, -0.15) is 0 Å². The highest BCUT2D eigenvalue weighted by Gasteiger charge is 2.09. The molecule has 0 radical (unpaired) electrons. The van der Waals surface area contributed by atoms with Gasteiger partial charge in [-0.1, -0.05) is 13.8 Å². The lowest BCUT2D eigenvalue weighted by molar-refractivity contribution is 0.403. The van der Waals surface area contributed by atoms with Gasteiger partial charge in [0.15, 0.2) is 0 Å². The van der Waals surface area contributed by atoms with E-state index in [1.54, 1.807) is 0 Å². The fraction of sp³-hybridized carbons (Fsp3) is 0.545. The van der Waals surface area contributed by atoms with Crippen molar-refractivity contribution in [2.75, 3.05) is 19.8 Å². The van der Waals surface area contributed by atoms with Crippen LogP contribution in [0.3, 0.4) is 0 Å². The van der Waals surface area contributed by atoms with Crippen molar-refractivity contribution in [3.63, 3.8) is 0 Å². The third-order valence-electron chi connectivity index (χ3n) is 2.14. The summed E-state index contributed by atoms with van der Waals surface area (Å²) in [5.41, 5.74) is 9.05. The maximum atomic E-state index is 6.04. The summed E-state index contributed by atoms with van der Waals surface area (Å²) in [4.78, 5) is 6.41. The van der Waals surface area contributed by atoms with Crippen LogP contribution < -0.4 is 5.73 Å². The number of anilines is 1.